The van der Waals surface area contributed by atoms with E-state index in [0.29, 0.717) is 16.6 Å². The molecule has 8 nitrogen and oxygen atoms in total. The lowest BCUT2D eigenvalue weighted by Gasteiger charge is -2.23. The fourth-order valence-corrected chi connectivity index (χ4v) is 4.74. The Morgan fingerprint density at radius 2 is 1.97 bits per heavy atom. The third kappa shape index (κ3) is 5.66. The van der Waals surface area contributed by atoms with Crippen LogP contribution in [0.2, 0.25) is 0 Å². The maximum Gasteiger partial charge on any atom is 0.324 e. The lowest BCUT2D eigenvalue weighted by Crippen LogP contribution is -2.38. The van der Waals surface area contributed by atoms with Gasteiger partial charge in [0.15, 0.2) is 5.13 Å². The molecule has 0 saturated heterocycles. The van der Waals surface area contributed by atoms with Crippen LogP contribution in [0.5, 0.6) is 5.75 Å². The maximum atomic E-state index is 13.1. The average molecular weight is 461 g/mol. The highest BCUT2D eigenvalue weighted by molar-refractivity contribution is 7.22. The van der Waals surface area contributed by atoms with Gasteiger partial charge in [0.1, 0.15) is 5.75 Å². The van der Waals surface area contributed by atoms with Gasteiger partial charge in [0.05, 0.1) is 22.2 Å². The van der Waals surface area contributed by atoms with Gasteiger partial charge >= 0.3 is 5.00 Å². The van der Waals surface area contributed by atoms with Crippen LogP contribution in [-0.4, -0.2) is 54.0 Å². The van der Waals surface area contributed by atoms with Crippen LogP contribution in [0.4, 0.5) is 10.1 Å². The molecule has 0 spiro atoms. The molecule has 0 radical (unpaired) electrons. The van der Waals surface area contributed by atoms with Crippen LogP contribution in [0.25, 0.3) is 16.3 Å². The summed E-state index contributed by atoms with van der Waals surface area (Å²) in [5.41, 5.74) is 0.805. The fraction of sp³-hybridized carbons (Fsp3) is 0.333. The van der Waals surface area contributed by atoms with Gasteiger partial charge in [-0.25, -0.2) is 4.98 Å². The number of aromatic nitrogens is 1. The quantitative estimate of drug-likeness (QED) is 0.248. The molecule has 2 aromatic heterocycles. The third-order valence-corrected chi connectivity index (χ3v) is 6.84. The van der Waals surface area contributed by atoms with Gasteiger partial charge in [-0.3, -0.25) is 19.8 Å². The third-order valence-electron chi connectivity index (χ3n) is 4.80. The van der Waals surface area contributed by atoms with Crippen molar-refractivity contribution in [2.75, 3.05) is 38.2 Å². The van der Waals surface area contributed by atoms with E-state index in [-0.39, 0.29) is 10.9 Å². The van der Waals surface area contributed by atoms with Crippen molar-refractivity contribution in [2.24, 2.45) is 0 Å². The summed E-state index contributed by atoms with van der Waals surface area (Å²) in [6.07, 6.45) is 3.06. The molecule has 1 amide bonds. The summed E-state index contributed by atoms with van der Waals surface area (Å²) < 4.78 is 6.23. The van der Waals surface area contributed by atoms with Crippen LogP contribution in [0.3, 0.4) is 0 Å². The van der Waals surface area contributed by atoms with Gasteiger partial charge < -0.3 is 9.64 Å². The predicted molar refractivity (Wildman–Crippen MR) is 126 cm³/mol. The van der Waals surface area contributed by atoms with Crippen molar-refractivity contribution in [3.05, 3.63) is 51.4 Å². The minimum Gasteiger partial charge on any atom is -0.497 e. The van der Waals surface area contributed by atoms with Crippen LogP contribution in [-0.2, 0) is 4.79 Å². The minimum absolute atomic E-state index is 0.0469. The molecule has 164 valence electrons. The number of anilines is 1. The number of rotatable bonds is 10. The summed E-state index contributed by atoms with van der Waals surface area (Å²) in [7, 11) is 1.61. The first-order chi connectivity index (χ1) is 14.9. The number of amides is 1. The topological polar surface area (TPSA) is 88.8 Å². The molecule has 0 unspecified atom stereocenters. The Labute approximate surface area is 188 Å². The Balaban J connectivity index is 1.86. The SMILES string of the molecule is CCN(CC)CCN(C(=O)/C=C/c1ccc([N+](=O)[O-])s1)c1nc2ccc(OC)cc2s1. The minimum atomic E-state index is -0.435. The summed E-state index contributed by atoms with van der Waals surface area (Å²) in [5, 5.41) is 11.5. The number of benzene rings is 1. The summed E-state index contributed by atoms with van der Waals surface area (Å²) >= 11 is 2.47. The monoisotopic (exact) mass is 460 g/mol. The number of carbonyl (C=O) groups is 1. The number of methoxy groups -OCH3 is 1. The first-order valence-corrected chi connectivity index (χ1v) is 11.5. The van der Waals surface area contributed by atoms with E-state index in [9.17, 15) is 14.9 Å². The molecule has 0 aliphatic heterocycles. The van der Waals surface area contributed by atoms with E-state index >= 15 is 0 Å². The van der Waals surface area contributed by atoms with Crippen molar-refractivity contribution < 1.29 is 14.5 Å². The summed E-state index contributed by atoms with van der Waals surface area (Å²) in [6, 6.07) is 8.70. The second kappa shape index (κ2) is 10.5. The Morgan fingerprint density at radius 1 is 1.19 bits per heavy atom. The van der Waals surface area contributed by atoms with E-state index in [1.807, 2.05) is 18.2 Å². The molecular weight excluding hydrogens is 436 g/mol. The van der Waals surface area contributed by atoms with Crippen molar-refractivity contribution >= 4 is 55.0 Å². The molecule has 3 aromatic rings. The first kappa shape index (κ1) is 22.9. The number of hydrogen-bond donors (Lipinski definition) is 0. The number of thiazole rings is 1. The van der Waals surface area contributed by atoms with E-state index in [1.54, 1.807) is 24.2 Å². The predicted octanol–water partition coefficient (Wildman–Crippen LogP) is 4.66. The number of fused-ring (bicyclic) bond motifs is 1. The zero-order valence-electron chi connectivity index (χ0n) is 17.6. The first-order valence-electron chi connectivity index (χ1n) is 9.85. The highest BCUT2D eigenvalue weighted by atomic mass is 32.1. The zero-order valence-corrected chi connectivity index (χ0v) is 19.2. The standard InChI is InChI=1S/C21H24N4O4S2/c1-4-23(5-2)12-13-24(19(26)10-7-16-8-11-20(30-16)25(27)28)21-22-17-9-6-15(29-3)14-18(17)31-21/h6-11,14H,4-5,12-13H2,1-3H3/b10-7+. The van der Waals surface area contributed by atoms with Gasteiger partial charge in [0.2, 0.25) is 0 Å². The van der Waals surface area contributed by atoms with Gasteiger partial charge in [-0.15, -0.1) is 0 Å². The van der Waals surface area contributed by atoms with Crippen molar-refractivity contribution in [2.45, 2.75) is 13.8 Å². The molecule has 0 fully saturated rings. The Kier molecular flexibility index (Phi) is 7.72. The van der Waals surface area contributed by atoms with Crippen LogP contribution >= 0.6 is 22.7 Å². The molecule has 0 saturated carbocycles. The van der Waals surface area contributed by atoms with E-state index in [2.05, 4.69) is 23.7 Å². The van der Waals surface area contributed by atoms with Crippen molar-refractivity contribution in [3.63, 3.8) is 0 Å². The second-order valence-electron chi connectivity index (χ2n) is 6.61. The maximum absolute atomic E-state index is 13.1. The van der Waals surface area contributed by atoms with Gasteiger partial charge in [0, 0.05) is 30.1 Å². The molecule has 0 bridgehead atoms. The highest BCUT2D eigenvalue weighted by Crippen LogP contribution is 2.32. The molecule has 2 heterocycles. The zero-order chi connectivity index (χ0) is 22.4. The van der Waals surface area contributed by atoms with Crippen LogP contribution in [0.15, 0.2) is 36.4 Å². The number of thiophene rings is 1. The van der Waals surface area contributed by atoms with Gasteiger partial charge in [-0.05, 0) is 43.4 Å². The number of hydrogen-bond acceptors (Lipinski definition) is 8. The molecule has 0 N–H and O–H groups in total. The molecule has 0 aliphatic carbocycles. The lowest BCUT2D eigenvalue weighted by molar-refractivity contribution is -0.380. The Bertz CT molecular complexity index is 1090. The number of carbonyl (C=O) groups excluding carboxylic acids is 1. The summed E-state index contributed by atoms with van der Waals surface area (Å²) in [5.74, 6) is 0.525. The Hall–Kier alpha value is -2.82. The second-order valence-corrected chi connectivity index (χ2v) is 8.72. The van der Waals surface area contributed by atoms with E-state index in [0.717, 1.165) is 46.9 Å². The molecular formula is C21H24N4O4S2. The highest BCUT2D eigenvalue weighted by Gasteiger charge is 2.19. The van der Waals surface area contributed by atoms with Crippen LogP contribution < -0.4 is 9.64 Å². The van der Waals surface area contributed by atoms with Crippen LogP contribution in [0.1, 0.15) is 18.7 Å². The van der Waals surface area contributed by atoms with Gasteiger partial charge in [-0.1, -0.05) is 36.5 Å². The van der Waals surface area contributed by atoms with Crippen molar-refractivity contribution in [1.82, 2.24) is 9.88 Å². The molecule has 3 rings (SSSR count). The molecule has 31 heavy (non-hydrogen) atoms. The molecule has 10 heteroatoms. The van der Waals surface area contributed by atoms with Crippen molar-refractivity contribution in [1.29, 1.82) is 0 Å². The fourth-order valence-electron chi connectivity index (χ4n) is 2.99. The lowest BCUT2D eigenvalue weighted by atomic mass is 10.3. The number of nitrogens with zero attached hydrogens (tertiary/aromatic N) is 4. The van der Waals surface area contributed by atoms with Crippen LogP contribution in [0, 0.1) is 10.1 Å². The largest absolute Gasteiger partial charge is 0.497 e. The average Bonchev–Trinajstić information content (AvgIpc) is 3.41. The number of likely N-dealkylation sites (N-methyl/N-ethyl adjacent to an activating group) is 1. The summed E-state index contributed by atoms with van der Waals surface area (Å²) in [4.78, 5) is 32.7. The number of ether oxygens (including phenoxy) is 1. The Morgan fingerprint density at radius 3 is 2.61 bits per heavy atom. The van der Waals surface area contributed by atoms with E-state index in [1.165, 1.54) is 23.5 Å². The molecule has 0 atom stereocenters. The normalized spacial score (nSPS) is 11.5. The van der Waals surface area contributed by atoms with Gasteiger partial charge in [-0.2, -0.15) is 0 Å². The smallest absolute Gasteiger partial charge is 0.324 e. The van der Waals surface area contributed by atoms with Crippen molar-refractivity contribution in [3.8, 4) is 5.75 Å². The number of nitro groups is 1. The molecule has 1 aromatic carbocycles. The van der Waals surface area contributed by atoms with E-state index in [4.69, 9.17) is 4.74 Å². The molecule has 0 aliphatic rings. The van der Waals surface area contributed by atoms with Gasteiger partial charge in [0.25, 0.3) is 5.91 Å². The van der Waals surface area contributed by atoms with E-state index < -0.39 is 4.92 Å². The summed E-state index contributed by atoms with van der Waals surface area (Å²) in [6.45, 7) is 7.17.